The molecule has 162 valence electrons. The third-order valence-corrected chi connectivity index (χ3v) is 5.66. The van der Waals surface area contributed by atoms with Gasteiger partial charge in [0, 0.05) is 16.9 Å². The normalized spacial score (nSPS) is 10.7. The average molecular weight is 449 g/mol. The Labute approximate surface area is 189 Å². The molecule has 0 unspecified atom stereocenters. The smallest absolute Gasteiger partial charge is 0.234 e. The van der Waals surface area contributed by atoms with Gasteiger partial charge in [0.2, 0.25) is 5.91 Å². The van der Waals surface area contributed by atoms with Crippen molar-refractivity contribution in [2.45, 2.75) is 12.1 Å². The SMILES string of the molecule is COc1ccc(-n2c(SCC(=O)Nc3ccc(F)cc3)nnc2-c2ccc(C)cc2)cc1. The summed E-state index contributed by atoms with van der Waals surface area (Å²) in [6.07, 6.45) is 0. The number of methoxy groups -OCH3 is 1. The molecule has 8 heteroatoms. The number of rotatable bonds is 7. The van der Waals surface area contributed by atoms with Crippen molar-refractivity contribution >= 4 is 23.4 Å². The van der Waals surface area contributed by atoms with E-state index < -0.39 is 0 Å². The molecular weight excluding hydrogens is 427 g/mol. The third kappa shape index (κ3) is 4.97. The van der Waals surface area contributed by atoms with Gasteiger partial charge in [-0.1, -0.05) is 41.6 Å². The Bertz CT molecular complexity index is 1210. The molecule has 4 aromatic rings. The van der Waals surface area contributed by atoms with E-state index in [-0.39, 0.29) is 17.5 Å². The van der Waals surface area contributed by atoms with Crippen LogP contribution in [-0.4, -0.2) is 33.5 Å². The van der Waals surface area contributed by atoms with Gasteiger partial charge in [0.05, 0.1) is 12.9 Å². The molecule has 1 amide bonds. The predicted molar refractivity (Wildman–Crippen MR) is 124 cm³/mol. The van der Waals surface area contributed by atoms with E-state index in [1.165, 1.54) is 36.0 Å². The van der Waals surface area contributed by atoms with E-state index in [9.17, 15) is 9.18 Å². The van der Waals surface area contributed by atoms with Gasteiger partial charge >= 0.3 is 0 Å². The summed E-state index contributed by atoms with van der Waals surface area (Å²) in [5.74, 6) is 0.971. The fourth-order valence-electron chi connectivity index (χ4n) is 3.08. The first-order valence-corrected chi connectivity index (χ1v) is 10.9. The van der Waals surface area contributed by atoms with Gasteiger partial charge in [-0.25, -0.2) is 4.39 Å². The number of amides is 1. The topological polar surface area (TPSA) is 69.0 Å². The largest absolute Gasteiger partial charge is 0.497 e. The van der Waals surface area contributed by atoms with Crippen LogP contribution in [0.2, 0.25) is 0 Å². The molecule has 0 aliphatic carbocycles. The zero-order valence-electron chi connectivity index (χ0n) is 17.6. The van der Waals surface area contributed by atoms with E-state index in [4.69, 9.17) is 4.74 Å². The zero-order chi connectivity index (χ0) is 22.5. The number of ether oxygens (including phenoxy) is 1. The molecule has 1 heterocycles. The van der Waals surface area contributed by atoms with E-state index in [1.54, 1.807) is 7.11 Å². The fourth-order valence-corrected chi connectivity index (χ4v) is 3.83. The van der Waals surface area contributed by atoms with Crippen LogP contribution < -0.4 is 10.1 Å². The monoisotopic (exact) mass is 448 g/mol. The summed E-state index contributed by atoms with van der Waals surface area (Å²) < 4.78 is 20.3. The Morgan fingerprint density at radius 2 is 1.69 bits per heavy atom. The van der Waals surface area contributed by atoms with Gasteiger partial charge in [-0.3, -0.25) is 9.36 Å². The lowest BCUT2D eigenvalue weighted by Crippen LogP contribution is -2.14. The van der Waals surface area contributed by atoms with Crippen LogP contribution in [0, 0.1) is 12.7 Å². The molecule has 0 saturated heterocycles. The molecule has 6 nitrogen and oxygen atoms in total. The van der Waals surface area contributed by atoms with E-state index in [0.717, 1.165) is 22.6 Å². The van der Waals surface area contributed by atoms with Gasteiger partial charge in [-0.15, -0.1) is 10.2 Å². The fraction of sp³-hybridized carbons (Fsp3) is 0.125. The van der Waals surface area contributed by atoms with Gasteiger partial charge in [0.1, 0.15) is 11.6 Å². The summed E-state index contributed by atoms with van der Waals surface area (Å²) in [6.45, 7) is 2.03. The van der Waals surface area contributed by atoms with Crippen LogP contribution in [0.3, 0.4) is 0 Å². The van der Waals surface area contributed by atoms with Gasteiger partial charge < -0.3 is 10.1 Å². The maximum Gasteiger partial charge on any atom is 0.234 e. The molecule has 0 bridgehead atoms. The number of thioether (sulfide) groups is 1. The number of benzene rings is 3. The standard InChI is InChI=1S/C24H21FN4O2S/c1-16-3-5-17(6-4-16)23-27-28-24(29(23)20-11-13-21(31-2)14-12-20)32-15-22(30)26-19-9-7-18(25)8-10-19/h3-14H,15H2,1-2H3,(H,26,30). The summed E-state index contributed by atoms with van der Waals surface area (Å²) >= 11 is 1.27. The number of nitrogens with zero attached hydrogens (tertiary/aromatic N) is 3. The van der Waals surface area contributed by atoms with Crippen molar-refractivity contribution in [3.8, 4) is 22.8 Å². The quantitative estimate of drug-likeness (QED) is 0.398. The van der Waals surface area contributed by atoms with Crippen LogP contribution in [0.4, 0.5) is 10.1 Å². The summed E-state index contributed by atoms with van der Waals surface area (Å²) in [5.41, 5.74) is 3.46. The summed E-state index contributed by atoms with van der Waals surface area (Å²) in [4.78, 5) is 12.4. The molecule has 0 radical (unpaired) electrons. The van der Waals surface area contributed by atoms with Crippen molar-refractivity contribution in [3.63, 3.8) is 0 Å². The number of carbonyl (C=O) groups is 1. The minimum absolute atomic E-state index is 0.125. The third-order valence-electron chi connectivity index (χ3n) is 4.73. The van der Waals surface area contributed by atoms with E-state index >= 15 is 0 Å². The molecular formula is C24H21FN4O2S. The number of hydrogen-bond acceptors (Lipinski definition) is 5. The maximum absolute atomic E-state index is 13.1. The van der Waals surface area contributed by atoms with Crippen molar-refractivity contribution in [3.05, 3.63) is 84.2 Å². The zero-order valence-corrected chi connectivity index (χ0v) is 18.4. The highest BCUT2D eigenvalue weighted by Crippen LogP contribution is 2.29. The van der Waals surface area contributed by atoms with Crippen LogP contribution >= 0.6 is 11.8 Å². The summed E-state index contributed by atoms with van der Waals surface area (Å²) in [7, 11) is 1.62. The number of hydrogen-bond donors (Lipinski definition) is 1. The molecule has 3 aromatic carbocycles. The number of nitrogens with one attached hydrogen (secondary N) is 1. The van der Waals surface area contributed by atoms with Crippen LogP contribution in [0.25, 0.3) is 17.1 Å². The Hall–Kier alpha value is -3.65. The lowest BCUT2D eigenvalue weighted by molar-refractivity contribution is -0.113. The first-order valence-electron chi connectivity index (χ1n) is 9.88. The Morgan fingerprint density at radius 3 is 2.34 bits per heavy atom. The molecule has 0 aliphatic heterocycles. The van der Waals surface area contributed by atoms with Gasteiger partial charge in [0.25, 0.3) is 0 Å². The second-order valence-corrected chi connectivity index (χ2v) is 7.99. The van der Waals surface area contributed by atoms with Crippen LogP contribution in [-0.2, 0) is 4.79 Å². The van der Waals surface area contributed by atoms with Crippen molar-refractivity contribution < 1.29 is 13.9 Å². The van der Waals surface area contributed by atoms with Gasteiger partial charge in [0.15, 0.2) is 11.0 Å². The number of aromatic nitrogens is 3. The highest BCUT2D eigenvalue weighted by molar-refractivity contribution is 7.99. The number of anilines is 1. The van der Waals surface area contributed by atoms with Crippen LogP contribution in [0.15, 0.2) is 78.0 Å². The first-order chi connectivity index (χ1) is 15.5. The molecule has 4 rings (SSSR count). The molecule has 32 heavy (non-hydrogen) atoms. The Balaban J connectivity index is 1.60. The van der Waals surface area contributed by atoms with Gasteiger partial charge in [-0.05, 0) is 55.5 Å². The lowest BCUT2D eigenvalue weighted by Gasteiger charge is -2.11. The van der Waals surface area contributed by atoms with Crippen molar-refractivity contribution in [1.82, 2.24) is 14.8 Å². The average Bonchev–Trinajstić information content (AvgIpc) is 3.24. The maximum atomic E-state index is 13.1. The molecule has 1 N–H and O–H groups in total. The van der Waals surface area contributed by atoms with E-state index in [2.05, 4.69) is 15.5 Å². The second kappa shape index (κ2) is 9.65. The summed E-state index contributed by atoms with van der Waals surface area (Å²) in [6, 6.07) is 21.2. The molecule has 0 spiro atoms. The minimum atomic E-state index is -0.353. The molecule has 1 aromatic heterocycles. The molecule has 0 atom stereocenters. The highest BCUT2D eigenvalue weighted by Gasteiger charge is 2.17. The molecule has 0 fully saturated rings. The van der Waals surface area contributed by atoms with Crippen molar-refractivity contribution in [1.29, 1.82) is 0 Å². The van der Waals surface area contributed by atoms with Gasteiger partial charge in [-0.2, -0.15) is 0 Å². The molecule has 0 saturated carbocycles. The van der Waals surface area contributed by atoms with Crippen molar-refractivity contribution in [2.24, 2.45) is 0 Å². The predicted octanol–water partition coefficient (Wildman–Crippen LogP) is 5.12. The number of carbonyl (C=O) groups excluding carboxylic acids is 1. The number of aryl methyl sites for hydroxylation is 1. The Kier molecular flexibility index (Phi) is 6.51. The van der Waals surface area contributed by atoms with E-state index in [1.807, 2.05) is 60.0 Å². The summed E-state index contributed by atoms with van der Waals surface area (Å²) in [5, 5.41) is 12.1. The highest BCUT2D eigenvalue weighted by atomic mass is 32.2. The molecule has 0 aliphatic rings. The first kappa shape index (κ1) is 21.6. The minimum Gasteiger partial charge on any atom is -0.497 e. The second-order valence-electron chi connectivity index (χ2n) is 7.05. The van der Waals surface area contributed by atoms with E-state index in [0.29, 0.717) is 16.7 Å². The Morgan fingerprint density at radius 1 is 1.00 bits per heavy atom. The van der Waals surface area contributed by atoms with Crippen LogP contribution in [0.5, 0.6) is 5.75 Å². The van der Waals surface area contributed by atoms with Crippen LogP contribution in [0.1, 0.15) is 5.56 Å². The van der Waals surface area contributed by atoms with Crippen molar-refractivity contribution in [2.75, 3.05) is 18.2 Å². The number of halogens is 1. The lowest BCUT2D eigenvalue weighted by atomic mass is 10.1.